The van der Waals surface area contributed by atoms with E-state index in [4.69, 9.17) is 15.9 Å². The lowest BCUT2D eigenvalue weighted by atomic mass is 9.35. The van der Waals surface area contributed by atoms with E-state index in [1.165, 1.54) is 51.2 Å². The van der Waals surface area contributed by atoms with Crippen LogP contribution in [0.4, 0.5) is 0 Å². The highest BCUT2D eigenvalue weighted by Crippen LogP contribution is 2.73. The highest BCUT2D eigenvalue weighted by atomic mass is 16.5. The normalized spacial score (nSPS) is 45.7. The SMILES string of the molecule is C#C[C@@H]1C2CC[C@@H](C(=C)C)C2C2CCC3[C@@](C)(CCC4C(C)(C)[C@@H](OC(=O)CC(C)(C)C(=O)OC)CC[C@@]43C)C2[C@H]1C. The maximum Gasteiger partial charge on any atom is 0.311 e. The summed E-state index contributed by atoms with van der Waals surface area (Å²) in [7, 11) is 1.37. The van der Waals surface area contributed by atoms with Gasteiger partial charge in [-0.2, -0.15) is 0 Å². The van der Waals surface area contributed by atoms with E-state index in [1.54, 1.807) is 13.8 Å². The molecule has 5 saturated carbocycles. The molecule has 234 valence electrons. The Bertz CT molecular complexity index is 1140. The number of ether oxygens (including phenoxy) is 2. The molecule has 0 amide bonds. The van der Waals surface area contributed by atoms with Crippen LogP contribution in [0.2, 0.25) is 0 Å². The Kier molecular flexibility index (Phi) is 8.06. The second-order valence-corrected chi connectivity index (χ2v) is 17.1. The molecule has 0 radical (unpaired) electrons. The number of hydrogen-bond acceptors (Lipinski definition) is 4. The Morgan fingerprint density at radius 1 is 0.952 bits per heavy atom. The van der Waals surface area contributed by atoms with E-state index < -0.39 is 5.41 Å². The molecule has 0 spiro atoms. The van der Waals surface area contributed by atoms with Crippen LogP contribution in [-0.4, -0.2) is 25.2 Å². The molecule has 12 atom stereocenters. The predicted molar refractivity (Wildman–Crippen MR) is 168 cm³/mol. The highest BCUT2D eigenvalue weighted by molar-refractivity contribution is 5.82. The van der Waals surface area contributed by atoms with Crippen molar-refractivity contribution in [1.29, 1.82) is 0 Å². The van der Waals surface area contributed by atoms with Crippen molar-refractivity contribution >= 4 is 11.9 Å². The van der Waals surface area contributed by atoms with Crippen molar-refractivity contribution in [2.24, 2.45) is 74.9 Å². The van der Waals surface area contributed by atoms with Crippen molar-refractivity contribution in [3.63, 3.8) is 0 Å². The first-order valence-electron chi connectivity index (χ1n) is 16.9. The van der Waals surface area contributed by atoms with Crippen LogP contribution in [-0.2, 0) is 19.1 Å². The summed E-state index contributed by atoms with van der Waals surface area (Å²) in [5.74, 6) is 8.18. The van der Waals surface area contributed by atoms with Crippen molar-refractivity contribution in [2.45, 2.75) is 119 Å². The van der Waals surface area contributed by atoms with Gasteiger partial charge in [-0.15, -0.1) is 12.3 Å². The molecule has 5 fully saturated rings. The average molecular weight is 579 g/mol. The van der Waals surface area contributed by atoms with Crippen molar-refractivity contribution in [3.05, 3.63) is 12.2 Å². The van der Waals surface area contributed by atoms with Gasteiger partial charge in [0.25, 0.3) is 0 Å². The number of hydrogen-bond donors (Lipinski definition) is 0. The first-order chi connectivity index (χ1) is 19.5. The molecule has 5 rings (SSSR count). The topological polar surface area (TPSA) is 52.6 Å². The summed E-state index contributed by atoms with van der Waals surface area (Å²) >= 11 is 0. The monoisotopic (exact) mass is 578 g/mol. The third kappa shape index (κ3) is 4.61. The summed E-state index contributed by atoms with van der Waals surface area (Å²) in [5, 5.41) is 0. The van der Waals surface area contributed by atoms with E-state index in [0.717, 1.165) is 18.8 Å². The Hall–Kier alpha value is -1.76. The van der Waals surface area contributed by atoms with Gasteiger partial charge < -0.3 is 9.47 Å². The van der Waals surface area contributed by atoms with Crippen LogP contribution >= 0.6 is 0 Å². The fourth-order valence-corrected chi connectivity index (χ4v) is 12.7. The Balaban J connectivity index is 1.40. The molecule has 5 aliphatic carbocycles. The number of carbonyl (C=O) groups excluding carboxylic acids is 2. The third-order valence-corrected chi connectivity index (χ3v) is 14.3. The van der Waals surface area contributed by atoms with Crippen LogP contribution in [0, 0.1) is 87.3 Å². The number of esters is 2. The molecule has 0 saturated heterocycles. The predicted octanol–water partition coefficient (Wildman–Crippen LogP) is 8.49. The summed E-state index contributed by atoms with van der Waals surface area (Å²) in [5.41, 5.74) is 0.844. The Labute approximate surface area is 256 Å². The molecule has 0 bridgehead atoms. The fourth-order valence-electron chi connectivity index (χ4n) is 12.7. The van der Waals surface area contributed by atoms with E-state index in [1.807, 2.05) is 0 Å². The van der Waals surface area contributed by atoms with Crippen LogP contribution in [0.3, 0.4) is 0 Å². The Morgan fingerprint density at radius 3 is 2.21 bits per heavy atom. The lowest BCUT2D eigenvalue weighted by Crippen LogP contribution is -2.64. The minimum Gasteiger partial charge on any atom is -0.469 e. The van der Waals surface area contributed by atoms with Crippen LogP contribution in [0.15, 0.2) is 12.2 Å². The van der Waals surface area contributed by atoms with Gasteiger partial charge >= 0.3 is 11.9 Å². The molecule has 0 aromatic heterocycles. The fraction of sp³-hybridized carbons (Fsp3) is 0.842. The number of rotatable bonds is 5. The number of methoxy groups -OCH3 is 1. The van der Waals surface area contributed by atoms with Gasteiger partial charge in [0, 0.05) is 11.3 Å². The average Bonchev–Trinajstić information content (AvgIpc) is 3.34. The van der Waals surface area contributed by atoms with Crippen molar-refractivity contribution in [3.8, 4) is 12.3 Å². The Morgan fingerprint density at radius 2 is 1.60 bits per heavy atom. The zero-order chi connectivity index (χ0) is 31.0. The van der Waals surface area contributed by atoms with Gasteiger partial charge in [-0.25, -0.2) is 0 Å². The molecule has 0 aliphatic heterocycles. The molecule has 0 heterocycles. The number of fused-ring (bicyclic) bond motifs is 7. The maximum absolute atomic E-state index is 13.1. The molecule has 4 heteroatoms. The number of allylic oxidation sites excluding steroid dienone is 1. The van der Waals surface area contributed by atoms with E-state index >= 15 is 0 Å². The van der Waals surface area contributed by atoms with E-state index in [2.05, 4.69) is 54.0 Å². The highest BCUT2D eigenvalue weighted by Gasteiger charge is 2.67. The molecule has 6 unspecified atom stereocenters. The lowest BCUT2D eigenvalue weighted by molar-refractivity contribution is -0.228. The molecule has 0 N–H and O–H groups in total. The second kappa shape index (κ2) is 10.7. The van der Waals surface area contributed by atoms with Gasteiger partial charge in [-0.05, 0) is 130 Å². The van der Waals surface area contributed by atoms with E-state index in [0.29, 0.717) is 47.3 Å². The molecule has 0 aromatic rings. The second-order valence-electron chi connectivity index (χ2n) is 17.1. The van der Waals surface area contributed by atoms with Crippen LogP contribution in [0.1, 0.15) is 113 Å². The van der Waals surface area contributed by atoms with Gasteiger partial charge in [-0.3, -0.25) is 9.59 Å². The van der Waals surface area contributed by atoms with Gasteiger partial charge in [0.2, 0.25) is 0 Å². The summed E-state index contributed by atoms with van der Waals surface area (Å²) in [6.45, 7) is 22.7. The van der Waals surface area contributed by atoms with Gasteiger partial charge in [0.1, 0.15) is 6.10 Å². The third-order valence-electron chi connectivity index (χ3n) is 14.3. The molecule has 4 nitrogen and oxygen atoms in total. The molecule has 5 aliphatic rings. The standard InChI is InChI=1S/C38H58O4/c1-12-24-23(4)33-27(32-25(22(2)3)13-14-26(24)32)15-16-29-37(9)20-18-30(36(7,8)28(37)17-19-38(29,33)10)42-31(39)21-35(5,6)34(40)41-11/h1,23-30,32-33H,2,13-21H2,3-11H3/t23-,24-,25-,26?,27?,28?,29?,30-,32?,33?,37-,38+/m0/s1. The first-order valence-corrected chi connectivity index (χ1v) is 16.9. The lowest BCUT2D eigenvalue weighted by Gasteiger charge is -2.70. The minimum atomic E-state index is -0.890. The molecule has 0 aromatic carbocycles. The summed E-state index contributed by atoms with van der Waals surface area (Å²) in [6, 6.07) is 0. The smallest absolute Gasteiger partial charge is 0.311 e. The zero-order valence-electron chi connectivity index (χ0n) is 28.1. The summed E-state index contributed by atoms with van der Waals surface area (Å²) in [4.78, 5) is 25.3. The largest absolute Gasteiger partial charge is 0.469 e. The van der Waals surface area contributed by atoms with Crippen LogP contribution in [0.5, 0.6) is 0 Å². The van der Waals surface area contributed by atoms with Crippen LogP contribution < -0.4 is 0 Å². The zero-order valence-corrected chi connectivity index (χ0v) is 28.1. The maximum atomic E-state index is 13.1. The number of terminal acetylenes is 1. The van der Waals surface area contributed by atoms with Gasteiger partial charge in [0.05, 0.1) is 18.9 Å². The van der Waals surface area contributed by atoms with E-state index in [-0.39, 0.29) is 40.7 Å². The molecular formula is C38H58O4. The van der Waals surface area contributed by atoms with E-state index in [9.17, 15) is 9.59 Å². The van der Waals surface area contributed by atoms with Crippen molar-refractivity contribution < 1.29 is 19.1 Å². The van der Waals surface area contributed by atoms with Crippen molar-refractivity contribution in [2.75, 3.05) is 7.11 Å². The quantitative estimate of drug-likeness (QED) is 0.186. The number of carbonyl (C=O) groups is 2. The summed E-state index contributed by atoms with van der Waals surface area (Å²) in [6.07, 6.45) is 15.8. The van der Waals surface area contributed by atoms with Gasteiger partial charge in [-0.1, -0.05) is 46.8 Å². The van der Waals surface area contributed by atoms with Crippen LogP contribution in [0.25, 0.3) is 0 Å². The van der Waals surface area contributed by atoms with Crippen molar-refractivity contribution in [1.82, 2.24) is 0 Å². The minimum absolute atomic E-state index is 0.0412. The van der Waals surface area contributed by atoms with Gasteiger partial charge in [0.15, 0.2) is 0 Å². The first kappa shape index (κ1) is 31.7. The molecule has 42 heavy (non-hydrogen) atoms. The molecular weight excluding hydrogens is 520 g/mol. The summed E-state index contributed by atoms with van der Waals surface area (Å²) < 4.78 is 11.2.